The molecule has 0 N–H and O–H groups in total. The average molecular weight is 190 g/mol. The molecule has 1 aromatic carbocycles. The third kappa shape index (κ3) is 2.38. The van der Waals surface area contributed by atoms with E-state index in [4.69, 9.17) is 4.74 Å². The van der Waals surface area contributed by atoms with Crippen LogP contribution in [0.5, 0.6) is 5.75 Å². The first-order valence-corrected chi connectivity index (χ1v) is 5.32. The fraction of sp³-hybridized carbons (Fsp3) is 0.385. The smallest absolute Gasteiger partial charge is 0.127 e. The molecule has 0 radical (unpaired) electrons. The van der Waals surface area contributed by atoms with Gasteiger partial charge in [0.1, 0.15) is 12.4 Å². The summed E-state index contributed by atoms with van der Waals surface area (Å²) < 4.78 is 5.48. The topological polar surface area (TPSA) is 9.23 Å². The van der Waals surface area contributed by atoms with Crippen molar-refractivity contribution < 1.29 is 4.74 Å². The first kappa shape index (κ1) is 10.8. The Morgan fingerprint density at radius 2 is 2.07 bits per heavy atom. The van der Waals surface area contributed by atoms with Crippen LogP contribution in [0.2, 0.25) is 0 Å². The fourth-order valence-corrected chi connectivity index (χ4v) is 1.37. The van der Waals surface area contributed by atoms with Gasteiger partial charge in [-0.1, -0.05) is 39.0 Å². The first-order valence-electron chi connectivity index (χ1n) is 5.32. The molecule has 0 aromatic heterocycles. The van der Waals surface area contributed by atoms with Gasteiger partial charge in [-0.05, 0) is 24.1 Å². The van der Waals surface area contributed by atoms with E-state index in [9.17, 15) is 0 Å². The number of fused-ring (bicyclic) bond motifs is 1. The van der Waals surface area contributed by atoms with Crippen molar-refractivity contribution in [3.63, 3.8) is 0 Å². The van der Waals surface area contributed by atoms with E-state index in [2.05, 4.69) is 31.2 Å². The van der Waals surface area contributed by atoms with E-state index in [1.807, 2.05) is 19.9 Å². The molecule has 0 unspecified atom stereocenters. The predicted octanol–water partition coefficient (Wildman–Crippen LogP) is 3.68. The summed E-state index contributed by atoms with van der Waals surface area (Å²) in [6, 6.07) is 6.39. The minimum absolute atomic E-state index is 0.708. The quantitative estimate of drug-likeness (QED) is 0.656. The van der Waals surface area contributed by atoms with E-state index < -0.39 is 0 Å². The van der Waals surface area contributed by atoms with Crippen LogP contribution in [0.3, 0.4) is 0 Å². The zero-order valence-corrected chi connectivity index (χ0v) is 9.21. The summed E-state index contributed by atoms with van der Waals surface area (Å²) in [6.45, 7) is 6.86. The summed E-state index contributed by atoms with van der Waals surface area (Å²) in [6.07, 6.45) is 5.21. The molecule has 0 atom stereocenters. The lowest BCUT2D eigenvalue weighted by Gasteiger charge is -2.12. The molecular formula is C13H18O. The molecule has 0 fully saturated rings. The molecule has 0 amide bonds. The van der Waals surface area contributed by atoms with Crippen LogP contribution in [0, 0.1) is 0 Å². The van der Waals surface area contributed by atoms with Gasteiger partial charge < -0.3 is 4.74 Å². The second-order valence-corrected chi connectivity index (χ2v) is 2.94. The zero-order valence-electron chi connectivity index (χ0n) is 9.21. The van der Waals surface area contributed by atoms with Crippen LogP contribution in [-0.2, 0) is 6.42 Å². The predicted molar refractivity (Wildman–Crippen MR) is 61.7 cm³/mol. The number of ether oxygens (including phenoxy) is 1. The van der Waals surface area contributed by atoms with Crippen LogP contribution in [0.4, 0.5) is 0 Å². The highest BCUT2D eigenvalue weighted by molar-refractivity contribution is 5.60. The summed E-state index contributed by atoms with van der Waals surface area (Å²) in [4.78, 5) is 0. The second-order valence-electron chi connectivity index (χ2n) is 2.94. The average Bonchev–Trinajstić information content (AvgIpc) is 2.31. The molecule has 0 aliphatic carbocycles. The molecule has 76 valence electrons. The minimum Gasteiger partial charge on any atom is -0.489 e. The summed E-state index contributed by atoms with van der Waals surface area (Å²) in [5, 5.41) is 0. The van der Waals surface area contributed by atoms with Gasteiger partial charge in [-0.2, -0.15) is 0 Å². The Balaban J connectivity index is 0.000000461. The normalized spacial score (nSPS) is 12.2. The Bertz CT molecular complexity index is 313. The molecule has 0 bridgehead atoms. The van der Waals surface area contributed by atoms with E-state index in [1.54, 1.807) is 0 Å². The van der Waals surface area contributed by atoms with Gasteiger partial charge in [-0.15, -0.1) is 0 Å². The summed E-state index contributed by atoms with van der Waals surface area (Å²) in [5.74, 6) is 1.02. The van der Waals surface area contributed by atoms with Crippen LogP contribution >= 0.6 is 0 Å². The third-order valence-corrected chi connectivity index (χ3v) is 2.12. The molecule has 0 saturated heterocycles. The molecule has 1 heterocycles. The molecule has 1 heteroatoms. The third-order valence-electron chi connectivity index (χ3n) is 2.12. The van der Waals surface area contributed by atoms with Gasteiger partial charge in [0.25, 0.3) is 0 Å². The number of aryl methyl sites for hydroxylation is 1. The highest BCUT2D eigenvalue weighted by Crippen LogP contribution is 2.24. The van der Waals surface area contributed by atoms with Crippen LogP contribution in [-0.4, -0.2) is 6.61 Å². The van der Waals surface area contributed by atoms with Crippen LogP contribution in [0.25, 0.3) is 6.08 Å². The van der Waals surface area contributed by atoms with Crippen LogP contribution in [0.1, 0.15) is 31.9 Å². The molecular weight excluding hydrogens is 172 g/mol. The lowest BCUT2D eigenvalue weighted by molar-refractivity contribution is 0.358. The number of rotatable bonds is 1. The van der Waals surface area contributed by atoms with E-state index in [0.717, 1.165) is 12.2 Å². The molecule has 0 spiro atoms. The van der Waals surface area contributed by atoms with E-state index in [1.165, 1.54) is 11.1 Å². The summed E-state index contributed by atoms with van der Waals surface area (Å²) in [7, 11) is 0. The fourth-order valence-electron chi connectivity index (χ4n) is 1.37. The molecule has 1 aliphatic heterocycles. The van der Waals surface area contributed by atoms with Crippen molar-refractivity contribution in [2.45, 2.75) is 27.2 Å². The second kappa shape index (κ2) is 5.48. The van der Waals surface area contributed by atoms with Crippen molar-refractivity contribution in [3.05, 3.63) is 35.4 Å². The van der Waals surface area contributed by atoms with Crippen molar-refractivity contribution in [1.29, 1.82) is 0 Å². The zero-order chi connectivity index (χ0) is 10.4. The van der Waals surface area contributed by atoms with Gasteiger partial charge in [0.05, 0.1) is 0 Å². The van der Waals surface area contributed by atoms with E-state index >= 15 is 0 Å². The Hall–Kier alpha value is -1.24. The van der Waals surface area contributed by atoms with Crippen molar-refractivity contribution in [2.75, 3.05) is 6.61 Å². The molecule has 2 rings (SSSR count). The number of hydrogen-bond acceptors (Lipinski definition) is 1. The van der Waals surface area contributed by atoms with Gasteiger partial charge in [-0.25, -0.2) is 0 Å². The summed E-state index contributed by atoms with van der Waals surface area (Å²) in [5.41, 5.74) is 2.53. The van der Waals surface area contributed by atoms with Gasteiger partial charge in [-0.3, -0.25) is 0 Å². The van der Waals surface area contributed by atoms with E-state index in [0.29, 0.717) is 6.61 Å². The van der Waals surface area contributed by atoms with Gasteiger partial charge in [0, 0.05) is 5.56 Å². The molecule has 1 aromatic rings. The largest absolute Gasteiger partial charge is 0.489 e. The number of benzene rings is 1. The Morgan fingerprint density at radius 3 is 2.79 bits per heavy atom. The maximum atomic E-state index is 5.48. The summed E-state index contributed by atoms with van der Waals surface area (Å²) >= 11 is 0. The van der Waals surface area contributed by atoms with Crippen molar-refractivity contribution in [2.24, 2.45) is 0 Å². The van der Waals surface area contributed by atoms with Crippen LogP contribution in [0.15, 0.2) is 24.3 Å². The highest BCUT2D eigenvalue weighted by atomic mass is 16.5. The molecule has 1 nitrogen and oxygen atoms in total. The Morgan fingerprint density at radius 1 is 1.29 bits per heavy atom. The van der Waals surface area contributed by atoms with E-state index in [-0.39, 0.29) is 0 Å². The van der Waals surface area contributed by atoms with Crippen molar-refractivity contribution in [1.82, 2.24) is 0 Å². The number of hydrogen-bond donors (Lipinski definition) is 0. The SMILES string of the molecule is CC.CCc1ccc2c(c1)OCC=C2. The lowest BCUT2D eigenvalue weighted by Crippen LogP contribution is -2.00. The van der Waals surface area contributed by atoms with Crippen molar-refractivity contribution >= 4 is 6.08 Å². The highest BCUT2D eigenvalue weighted by Gasteiger charge is 2.04. The Labute approximate surface area is 86.4 Å². The maximum absolute atomic E-state index is 5.48. The Kier molecular flexibility index (Phi) is 4.24. The van der Waals surface area contributed by atoms with Crippen LogP contribution < -0.4 is 4.74 Å². The minimum atomic E-state index is 0.708. The maximum Gasteiger partial charge on any atom is 0.127 e. The van der Waals surface area contributed by atoms with Gasteiger partial charge >= 0.3 is 0 Å². The van der Waals surface area contributed by atoms with Crippen molar-refractivity contribution in [3.8, 4) is 5.75 Å². The first-order chi connectivity index (χ1) is 6.90. The molecule has 1 aliphatic rings. The lowest BCUT2D eigenvalue weighted by atomic mass is 10.1. The van der Waals surface area contributed by atoms with Gasteiger partial charge in [0.2, 0.25) is 0 Å². The standard InChI is InChI=1S/C11H12O.C2H6/c1-2-9-5-6-10-4-3-7-12-11(10)8-9;1-2/h3-6,8H,2,7H2,1H3;1-2H3. The monoisotopic (exact) mass is 190 g/mol. The molecule has 14 heavy (non-hydrogen) atoms. The molecule has 0 saturated carbocycles. The van der Waals surface area contributed by atoms with Gasteiger partial charge in [0.15, 0.2) is 0 Å².